The third-order valence-corrected chi connectivity index (χ3v) is 3.09. The summed E-state index contributed by atoms with van der Waals surface area (Å²) in [5, 5.41) is 6.07. The molecule has 0 heterocycles. The second-order valence-electron chi connectivity index (χ2n) is 4.72. The number of hydrogen-bond donors (Lipinski definition) is 2. The van der Waals surface area contributed by atoms with Gasteiger partial charge >= 0.3 is 0 Å². The number of carbonyl (C=O) groups excluding carboxylic acids is 1. The molecule has 0 saturated heterocycles. The van der Waals surface area contributed by atoms with E-state index in [9.17, 15) is 4.79 Å². The standard InChI is InChI=1S/C17H24N2O2/c1-4-11-18-15(6-3)14-9-7-8-10-16(14)21-13-17(20)19-12-5-2/h2,7-10,15,18H,4,6,11-13H2,1,3H3,(H,19,20). The Balaban J connectivity index is 2.69. The van der Waals surface area contributed by atoms with E-state index in [4.69, 9.17) is 11.2 Å². The molecule has 2 N–H and O–H groups in total. The molecule has 1 aromatic carbocycles. The summed E-state index contributed by atoms with van der Waals surface area (Å²) in [6, 6.07) is 8.04. The molecule has 114 valence electrons. The largest absolute Gasteiger partial charge is 0.483 e. The van der Waals surface area contributed by atoms with E-state index >= 15 is 0 Å². The SMILES string of the molecule is C#CCNC(=O)COc1ccccc1C(CC)NCCC. The molecule has 1 rings (SSSR count). The highest BCUT2D eigenvalue weighted by Gasteiger charge is 2.14. The summed E-state index contributed by atoms with van der Waals surface area (Å²) >= 11 is 0. The molecule has 0 aliphatic heterocycles. The van der Waals surface area contributed by atoms with Crippen LogP contribution in [0.15, 0.2) is 24.3 Å². The average molecular weight is 288 g/mol. The van der Waals surface area contributed by atoms with Gasteiger partial charge in [0, 0.05) is 11.6 Å². The molecule has 1 aromatic rings. The fraction of sp³-hybridized carbons (Fsp3) is 0.471. The first-order valence-corrected chi connectivity index (χ1v) is 7.38. The first kappa shape index (κ1) is 17.1. The summed E-state index contributed by atoms with van der Waals surface area (Å²) in [5.41, 5.74) is 1.08. The minimum absolute atomic E-state index is 0.0249. The lowest BCUT2D eigenvalue weighted by atomic mass is 10.0. The van der Waals surface area contributed by atoms with Gasteiger partial charge in [-0.25, -0.2) is 0 Å². The van der Waals surface area contributed by atoms with Gasteiger partial charge in [-0.1, -0.05) is 38.0 Å². The Labute approximate surface area is 127 Å². The maximum Gasteiger partial charge on any atom is 0.258 e. The van der Waals surface area contributed by atoms with Crippen LogP contribution in [0.2, 0.25) is 0 Å². The lowest BCUT2D eigenvalue weighted by Crippen LogP contribution is -2.29. The molecule has 0 aromatic heterocycles. The van der Waals surface area contributed by atoms with Crippen LogP contribution in [0.5, 0.6) is 5.75 Å². The normalized spacial score (nSPS) is 11.5. The Morgan fingerprint density at radius 2 is 2.14 bits per heavy atom. The Bertz CT molecular complexity index is 480. The van der Waals surface area contributed by atoms with Gasteiger partial charge in [-0.2, -0.15) is 0 Å². The minimum Gasteiger partial charge on any atom is -0.483 e. The molecule has 0 spiro atoms. The van der Waals surface area contributed by atoms with Gasteiger partial charge in [0.05, 0.1) is 6.54 Å². The number of ether oxygens (including phenoxy) is 1. The summed E-state index contributed by atoms with van der Waals surface area (Å²) in [6.45, 7) is 5.42. The van der Waals surface area contributed by atoms with Crippen LogP contribution in [0.1, 0.15) is 38.3 Å². The third-order valence-electron chi connectivity index (χ3n) is 3.09. The fourth-order valence-electron chi connectivity index (χ4n) is 2.04. The minimum atomic E-state index is -0.211. The Hall–Kier alpha value is -1.99. The van der Waals surface area contributed by atoms with Gasteiger partial charge in [0.25, 0.3) is 5.91 Å². The van der Waals surface area contributed by atoms with Crippen molar-refractivity contribution in [2.45, 2.75) is 32.7 Å². The zero-order chi connectivity index (χ0) is 15.5. The monoisotopic (exact) mass is 288 g/mol. The van der Waals surface area contributed by atoms with E-state index in [1.165, 1.54) is 0 Å². The van der Waals surface area contributed by atoms with Crippen LogP contribution < -0.4 is 15.4 Å². The van der Waals surface area contributed by atoms with Crippen molar-refractivity contribution in [2.75, 3.05) is 19.7 Å². The van der Waals surface area contributed by atoms with E-state index in [1.807, 2.05) is 24.3 Å². The topological polar surface area (TPSA) is 50.4 Å². The van der Waals surface area contributed by atoms with E-state index < -0.39 is 0 Å². The predicted octanol–water partition coefficient (Wildman–Crippen LogP) is 2.27. The van der Waals surface area contributed by atoms with Crippen LogP contribution in [0.3, 0.4) is 0 Å². The van der Waals surface area contributed by atoms with Gasteiger partial charge in [0.1, 0.15) is 5.75 Å². The van der Waals surface area contributed by atoms with Crippen molar-refractivity contribution in [3.8, 4) is 18.1 Å². The number of carbonyl (C=O) groups is 1. The van der Waals surface area contributed by atoms with E-state index in [2.05, 4.69) is 30.4 Å². The lowest BCUT2D eigenvalue weighted by Gasteiger charge is -2.20. The number of hydrogen-bond acceptors (Lipinski definition) is 3. The molecule has 0 aliphatic rings. The Morgan fingerprint density at radius 1 is 1.38 bits per heavy atom. The highest BCUT2D eigenvalue weighted by Crippen LogP contribution is 2.27. The highest BCUT2D eigenvalue weighted by atomic mass is 16.5. The molecule has 4 nitrogen and oxygen atoms in total. The lowest BCUT2D eigenvalue weighted by molar-refractivity contribution is -0.122. The second-order valence-corrected chi connectivity index (χ2v) is 4.72. The molecular weight excluding hydrogens is 264 g/mol. The molecule has 0 aliphatic carbocycles. The van der Waals surface area contributed by atoms with Crippen LogP contribution in [-0.4, -0.2) is 25.6 Å². The maximum atomic E-state index is 11.6. The fourth-order valence-corrected chi connectivity index (χ4v) is 2.04. The first-order valence-electron chi connectivity index (χ1n) is 7.38. The number of nitrogens with one attached hydrogen (secondary N) is 2. The number of terminal acetylenes is 1. The van der Waals surface area contributed by atoms with E-state index in [-0.39, 0.29) is 25.1 Å². The van der Waals surface area contributed by atoms with Gasteiger partial charge < -0.3 is 15.4 Å². The van der Waals surface area contributed by atoms with E-state index in [0.717, 1.165) is 30.7 Å². The molecule has 0 saturated carbocycles. The summed E-state index contributed by atoms with van der Waals surface area (Å²) in [5.74, 6) is 2.89. The summed E-state index contributed by atoms with van der Waals surface area (Å²) in [7, 11) is 0. The van der Waals surface area contributed by atoms with Crippen molar-refractivity contribution in [3.05, 3.63) is 29.8 Å². The Morgan fingerprint density at radius 3 is 2.81 bits per heavy atom. The van der Waals surface area contributed by atoms with Crippen molar-refractivity contribution < 1.29 is 9.53 Å². The van der Waals surface area contributed by atoms with Gasteiger partial charge in [0.2, 0.25) is 0 Å². The van der Waals surface area contributed by atoms with E-state index in [1.54, 1.807) is 0 Å². The number of amides is 1. The molecule has 21 heavy (non-hydrogen) atoms. The van der Waals surface area contributed by atoms with Crippen LogP contribution in [0.25, 0.3) is 0 Å². The molecule has 1 atom stereocenters. The van der Waals surface area contributed by atoms with Crippen molar-refractivity contribution in [1.29, 1.82) is 0 Å². The molecule has 0 bridgehead atoms. The van der Waals surface area contributed by atoms with E-state index in [0.29, 0.717) is 0 Å². The summed E-state index contributed by atoms with van der Waals surface area (Å²) < 4.78 is 5.64. The second kappa shape index (κ2) is 9.84. The molecule has 4 heteroatoms. The predicted molar refractivity (Wildman–Crippen MR) is 85.1 cm³/mol. The van der Waals surface area contributed by atoms with Gasteiger partial charge in [-0.05, 0) is 25.5 Å². The molecule has 0 fully saturated rings. The number of para-hydroxylation sites is 1. The zero-order valence-corrected chi connectivity index (χ0v) is 12.8. The van der Waals surface area contributed by atoms with Gasteiger partial charge in [0.15, 0.2) is 6.61 Å². The Kier molecular flexibility index (Phi) is 8.00. The van der Waals surface area contributed by atoms with Gasteiger partial charge in [-0.15, -0.1) is 6.42 Å². The number of rotatable bonds is 9. The van der Waals surface area contributed by atoms with Crippen LogP contribution in [0, 0.1) is 12.3 Å². The van der Waals surface area contributed by atoms with Crippen molar-refractivity contribution >= 4 is 5.91 Å². The maximum absolute atomic E-state index is 11.6. The first-order chi connectivity index (χ1) is 10.2. The third kappa shape index (κ3) is 5.88. The molecule has 1 amide bonds. The average Bonchev–Trinajstić information content (AvgIpc) is 2.52. The molecule has 0 radical (unpaired) electrons. The van der Waals surface area contributed by atoms with Crippen molar-refractivity contribution in [2.24, 2.45) is 0 Å². The summed E-state index contributed by atoms with van der Waals surface area (Å²) in [4.78, 5) is 11.6. The van der Waals surface area contributed by atoms with Crippen LogP contribution >= 0.6 is 0 Å². The molecular formula is C17H24N2O2. The molecule has 1 unspecified atom stereocenters. The highest BCUT2D eigenvalue weighted by molar-refractivity contribution is 5.77. The van der Waals surface area contributed by atoms with Gasteiger partial charge in [-0.3, -0.25) is 4.79 Å². The van der Waals surface area contributed by atoms with Crippen molar-refractivity contribution in [1.82, 2.24) is 10.6 Å². The summed E-state index contributed by atoms with van der Waals surface area (Å²) in [6.07, 6.45) is 7.14. The van der Waals surface area contributed by atoms with Crippen molar-refractivity contribution in [3.63, 3.8) is 0 Å². The smallest absolute Gasteiger partial charge is 0.258 e. The van der Waals surface area contributed by atoms with Crippen LogP contribution in [0.4, 0.5) is 0 Å². The number of benzene rings is 1. The quantitative estimate of drug-likeness (QED) is 0.685. The van der Waals surface area contributed by atoms with Crippen LogP contribution in [-0.2, 0) is 4.79 Å². The zero-order valence-electron chi connectivity index (χ0n) is 12.8.